The second kappa shape index (κ2) is 11.5. The number of carboxylic acids is 1. The zero-order chi connectivity index (χ0) is 21.3. The molecule has 0 radical (unpaired) electrons. The third-order valence-electron chi connectivity index (χ3n) is 4.31. The fourth-order valence-corrected chi connectivity index (χ4v) is 2.21. The summed E-state index contributed by atoms with van der Waals surface area (Å²) in [5.74, 6) is -3.67. The van der Waals surface area contributed by atoms with Crippen molar-refractivity contribution in [3.05, 3.63) is 0 Å². The van der Waals surface area contributed by atoms with Gasteiger partial charge < -0.3 is 31.9 Å². The molecule has 0 fully saturated rings. The molecule has 0 aliphatic rings. The van der Waals surface area contributed by atoms with E-state index in [0.717, 1.165) is 0 Å². The van der Waals surface area contributed by atoms with Crippen LogP contribution in [-0.2, 0) is 19.2 Å². The van der Waals surface area contributed by atoms with Crippen molar-refractivity contribution in [2.24, 2.45) is 17.6 Å². The van der Waals surface area contributed by atoms with E-state index in [-0.39, 0.29) is 11.8 Å². The van der Waals surface area contributed by atoms with Crippen molar-refractivity contribution in [1.29, 1.82) is 0 Å². The number of hydrogen-bond acceptors (Lipinski definition) is 6. The molecule has 0 aromatic carbocycles. The van der Waals surface area contributed by atoms with Gasteiger partial charge in [-0.25, -0.2) is 4.79 Å². The van der Waals surface area contributed by atoms with Gasteiger partial charge in [0.1, 0.15) is 24.2 Å². The Morgan fingerprint density at radius 3 is 1.81 bits per heavy atom. The summed E-state index contributed by atoms with van der Waals surface area (Å²) < 4.78 is 0. The Balaban J connectivity index is 5.06. The van der Waals surface area contributed by atoms with E-state index in [0.29, 0.717) is 6.42 Å². The van der Waals surface area contributed by atoms with Crippen LogP contribution in [0.2, 0.25) is 0 Å². The highest BCUT2D eigenvalue weighted by molar-refractivity contribution is 5.94. The molecule has 0 saturated heterocycles. The van der Waals surface area contributed by atoms with Crippen molar-refractivity contribution in [2.45, 2.75) is 65.2 Å². The predicted octanol–water partition coefficient (Wildman–Crippen LogP) is -1.43. The minimum Gasteiger partial charge on any atom is -0.480 e. The number of nitrogens with one attached hydrogen (secondary N) is 3. The summed E-state index contributed by atoms with van der Waals surface area (Å²) in [6.07, 6.45) is 0.571. The molecule has 10 heteroatoms. The molecule has 0 spiro atoms. The Hall–Kier alpha value is -2.20. The summed E-state index contributed by atoms with van der Waals surface area (Å²) in [5, 5.41) is 25.4. The molecule has 5 atom stereocenters. The van der Waals surface area contributed by atoms with Crippen LogP contribution in [0.4, 0.5) is 0 Å². The first-order chi connectivity index (χ1) is 12.5. The van der Waals surface area contributed by atoms with Crippen LogP contribution in [0, 0.1) is 11.8 Å². The highest BCUT2D eigenvalue weighted by Gasteiger charge is 2.31. The molecule has 3 amide bonds. The first kappa shape index (κ1) is 24.8. The standard InChI is InChI=1S/C17H32N4O6/c1-6-9(4)13(21-15(24)11(18)7-22)16(25)19-10(5)14(23)20-12(8(2)3)17(26)27/h8-13,22H,6-7,18H2,1-5H3,(H,19,25)(H,20,23)(H,21,24)(H,26,27). The number of aliphatic carboxylic acids is 1. The second-order valence-electron chi connectivity index (χ2n) is 6.96. The van der Waals surface area contributed by atoms with E-state index in [1.165, 1.54) is 6.92 Å². The number of nitrogens with two attached hydrogens (primary N) is 1. The summed E-state index contributed by atoms with van der Waals surface area (Å²) in [6, 6.07) is -4.19. The van der Waals surface area contributed by atoms with Crippen LogP contribution >= 0.6 is 0 Å². The minimum absolute atomic E-state index is 0.252. The quantitative estimate of drug-likeness (QED) is 0.252. The summed E-state index contributed by atoms with van der Waals surface area (Å²) in [5.41, 5.74) is 5.45. The van der Waals surface area contributed by atoms with Gasteiger partial charge in [-0.1, -0.05) is 34.1 Å². The number of hydrogen-bond donors (Lipinski definition) is 6. The lowest BCUT2D eigenvalue weighted by Crippen LogP contribution is -2.58. The average Bonchev–Trinajstić information content (AvgIpc) is 2.61. The highest BCUT2D eigenvalue weighted by Crippen LogP contribution is 2.09. The first-order valence-corrected chi connectivity index (χ1v) is 8.96. The molecule has 0 aliphatic carbocycles. The maximum Gasteiger partial charge on any atom is 0.326 e. The number of carbonyl (C=O) groups is 4. The molecule has 27 heavy (non-hydrogen) atoms. The average molecular weight is 388 g/mol. The maximum atomic E-state index is 12.5. The van der Waals surface area contributed by atoms with E-state index in [1.54, 1.807) is 20.8 Å². The van der Waals surface area contributed by atoms with Crippen molar-refractivity contribution < 1.29 is 29.4 Å². The van der Waals surface area contributed by atoms with Crippen LogP contribution in [0.15, 0.2) is 0 Å². The fourth-order valence-electron chi connectivity index (χ4n) is 2.21. The topological polar surface area (TPSA) is 171 Å². The highest BCUT2D eigenvalue weighted by atomic mass is 16.4. The molecule has 0 aromatic rings. The van der Waals surface area contributed by atoms with Gasteiger partial charge in [-0.05, 0) is 18.8 Å². The third-order valence-corrected chi connectivity index (χ3v) is 4.31. The van der Waals surface area contributed by atoms with Crippen LogP contribution in [0.1, 0.15) is 41.0 Å². The number of carbonyl (C=O) groups excluding carboxylic acids is 3. The Morgan fingerprint density at radius 2 is 1.41 bits per heavy atom. The number of aliphatic hydroxyl groups excluding tert-OH is 1. The molecule has 0 bridgehead atoms. The van der Waals surface area contributed by atoms with Gasteiger partial charge >= 0.3 is 5.97 Å². The molecule has 0 aromatic heterocycles. The first-order valence-electron chi connectivity index (χ1n) is 8.96. The maximum absolute atomic E-state index is 12.5. The zero-order valence-electron chi connectivity index (χ0n) is 16.5. The zero-order valence-corrected chi connectivity index (χ0v) is 16.5. The van der Waals surface area contributed by atoms with Gasteiger partial charge in [-0.3, -0.25) is 14.4 Å². The van der Waals surface area contributed by atoms with Gasteiger partial charge in [0, 0.05) is 0 Å². The molecule has 5 unspecified atom stereocenters. The second-order valence-corrected chi connectivity index (χ2v) is 6.96. The van der Waals surface area contributed by atoms with E-state index in [2.05, 4.69) is 16.0 Å². The molecule has 156 valence electrons. The number of aliphatic hydroxyl groups is 1. The smallest absolute Gasteiger partial charge is 0.326 e. The van der Waals surface area contributed by atoms with E-state index >= 15 is 0 Å². The van der Waals surface area contributed by atoms with E-state index in [1.807, 2.05) is 6.92 Å². The van der Waals surface area contributed by atoms with Crippen LogP contribution in [0.3, 0.4) is 0 Å². The van der Waals surface area contributed by atoms with Crippen molar-refractivity contribution >= 4 is 23.7 Å². The Morgan fingerprint density at radius 1 is 0.889 bits per heavy atom. The van der Waals surface area contributed by atoms with Crippen molar-refractivity contribution in [3.63, 3.8) is 0 Å². The van der Waals surface area contributed by atoms with Gasteiger partial charge in [-0.2, -0.15) is 0 Å². The van der Waals surface area contributed by atoms with E-state index in [9.17, 15) is 19.2 Å². The lowest BCUT2D eigenvalue weighted by Gasteiger charge is -2.27. The van der Waals surface area contributed by atoms with Crippen LogP contribution in [0.25, 0.3) is 0 Å². The monoisotopic (exact) mass is 388 g/mol. The number of amides is 3. The Kier molecular flexibility index (Phi) is 10.6. The molecular weight excluding hydrogens is 356 g/mol. The Bertz CT molecular complexity index is 540. The Labute approximate surface area is 159 Å². The molecule has 7 N–H and O–H groups in total. The largest absolute Gasteiger partial charge is 0.480 e. The molecule has 0 saturated carbocycles. The lowest BCUT2D eigenvalue weighted by molar-refractivity contribution is -0.143. The van der Waals surface area contributed by atoms with E-state index < -0.39 is 54.5 Å². The van der Waals surface area contributed by atoms with Gasteiger partial charge in [0.25, 0.3) is 0 Å². The fraction of sp³-hybridized carbons (Fsp3) is 0.765. The van der Waals surface area contributed by atoms with Gasteiger partial charge in [0.15, 0.2) is 0 Å². The molecule has 0 rings (SSSR count). The van der Waals surface area contributed by atoms with Gasteiger partial charge in [0.2, 0.25) is 17.7 Å². The van der Waals surface area contributed by atoms with Crippen molar-refractivity contribution in [1.82, 2.24) is 16.0 Å². The number of carboxylic acid groups (broad SMARTS) is 1. The van der Waals surface area contributed by atoms with Crippen molar-refractivity contribution in [2.75, 3.05) is 6.61 Å². The summed E-state index contributed by atoms with van der Waals surface area (Å²) in [7, 11) is 0. The van der Waals surface area contributed by atoms with Crippen LogP contribution < -0.4 is 21.7 Å². The molecular formula is C17H32N4O6. The van der Waals surface area contributed by atoms with Gasteiger partial charge in [-0.15, -0.1) is 0 Å². The number of rotatable bonds is 11. The van der Waals surface area contributed by atoms with Crippen molar-refractivity contribution in [3.8, 4) is 0 Å². The van der Waals surface area contributed by atoms with E-state index in [4.69, 9.17) is 15.9 Å². The minimum atomic E-state index is -1.17. The summed E-state index contributed by atoms with van der Waals surface area (Å²) in [6.45, 7) is 7.74. The van der Waals surface area contributed by atoms with Crippen LogP contribution in [0.5, 0.6) is 0 Å². The lowest BCUT2D eigenvalue weighted by atomic mass is 9.97. The SMILES string of the molecule is CCC(C)C(NC(=O)C(N)CO)C(=O)NC(C)C(=O)NC(C(=O)O)C(C)C. The predicted molar refractivity (Wildman–Crippen MR) is 98.5 cm³/mol. The van der Waals surface area contributed by atoms with Gasteiger partial charge in [0.05, 0.1) is 6.61 Å². The third kappa shape index (κ3) is 7.92. The molecule has 0 heterocycles. The molecule has 10 nitrogen and oxygen atoms in total. The summed E-state index contributed by atoms with van der Waals surface area (Å²) >= 11 is 0. The summed E-state index contributed by atoms with van der Waals surface area (Å²) in [4.78, 5) is 47.8. The normalized spacial score (nSPS) is 16.6. The molecule has 0 aliphatic heterocycles. The van der Waals surface area contributed by atoms with Crippen LogP contribution in [-0.4, -0.2) is 64.7 Å².